The fraction of sp³-hybridized carbons (Fsp3) is 0.762. The Morgan fingerprint density at radius 2 is 1.66 bits per heavy atom. The van der Waals surface area contributed by atoms with Crippen LogP contribution in [0.25, 0.3) is 0 Å². The SMILES string of the molecule is CC[C@@H](CCC(=O)NCCOCCOCC(=O)ON1C(=O)CCC1=O)C(=O)OC(C)(C)C. The molecule has 1 atom stereocenters. The largest absolute Gasteiger partial charge is 0.460 e. The lowest BCUT2D eigenvalue weighted by atomic mass is 10.00. The van der Waals surface area contributed by atoms with Crippen LogP contribution in [0.2, 0.25) is 0 Å². The van der Waals surface area contributed by atoms with Crippen molar-refractivity contribution < 1.29 is 43.0 Å². The van der Waals surface area contributed by atoms with Crippen molar-refractivity contribution in [1.82, 2.24) is 10.4 Å². The first-order chi connectivity index (χ1) is 15.0. The summed E-state index contributed by atoms with van der Waals surface area (Å²) in [5.41, 5.74) is -0.555. The molecule has 11 heteroatoms. The van der Waals surface area contributed by atoms with Crippen LogP contribution in [-0.2, 0) is 43.0 Å². The van der Waals surface area contributed by atoms with Gasteiger partial charge in [0.2, 0.25) is 5.91 Å². The van der Waals surface area contributed by atoms with Gasteiger partial charge in [-0.05, 0) is 33.6 Å². The van der Waals surface area contributed by atoms with Crippen LogP contribution in [-0.4, -0.2) is 73.3 Å². The zero-order valence-corrected chi connectivity index (χ0v) is 19.3. The second kappa shape index (κ2) is 13.8. The predicted molar refractivity (Wildman–Crippen MR) is 111 cm³/mol. The highest BCUT2D eigenvalue weighted by Crippen LogP contribution is 2.17. The van der Waals surface area contributed by atoms with Gasteiger partial charge in [-0.2, -0.15) is 0 Å². The monoisotopic (exact) mass is 458 g/mol. The van der Waals surface area contributed by atoms with E-state index in [4.69, 9.17) is 14.2 Å². The van der Waals surface area contributed by atoms with Gasteiger partial charge in [0.15, 0.2) is 0 Å². The second-order valence-corrected chi connectivity index (χ2v) is 8.24. The molecule has 0 aromatic heterocycles. The van der Waals surface area contributed by atoms with E-state index < -0.39 is 30.0 Å². The molecule has 11 nitrogen and oxygen atoms in total. The third-order valence-corrected chi connectivity index (χ3v) is 4.31. The first kappa shape index (κ1) is 27.5. The number of hydroxylamine groups is 2. The molecule has 0 aromatic rings. The highest BCUT2D eigenvalue weighted by Gasteiger charge is 2.32. The summed E-state index contributed by atoms with van der Waals surface area (Å²) in [6, 6.07) is 0. The van der Waals surface area contributed by atoms with Crippen LogP contribution >= 0.6 is 0 Å². The number of carbonyl (C=O) groups is 5. The van der Waals surface area contributed by atoms with E-state index in [1.54, 1.807) is 20.8 Å². The molecule has 1 aliphatic rings. The van der Waals surface area contributed by atoms with E-state index in [2.05, 4.69) is 10.2 Å². The fourth-order valence-electron chi connectivity index (χ4n) is 2.69. The molecule has 1 rings (SSSR count). The van der Waals surface area contributed by atoms with Gasteiger partial charge in [-0.15, -0.1) is 5.06 Å². The van der Waals surface area contributed by atoms with Crippen molar-refractivity contribution in [1.29, 1.82) is 0 Å². The lowest BCUT2D eigenvalue weighted by Gasteiger charge is -2.23. The number of rotatable bonds is 14. The Labute approximate surface area is 188 Å². The predicted octanol–water partition coefficient (Wildman–Crippen LogP) is 0.891. The zero-order chi connectivity index (χ0) is 24.1. The third kappa shape index (κ3) is 11.2. The van der Waals surface area contributed by atoms with Gasteiger partial charge in [0.05, 0.1) is 25.7 Å². The van der Waals surface area contributed by atoms with Crippen molar-refractivity contribution in [2.45, 2.75) is 65.4 Å². The number of imide groups is 1. The summed E-state index contributed by atoms with van der Waals surface area (Å²) in [6.07, 6.45) is 1.28. The molecular weight excluding hydrogens is 424 g/mol. The molecule has 0 aliphatic carbocycles. The van der Waals surface area contributed by atoms with Gasteiger partial charge in [0.1, 0.15) is 12.2 Å². The van der Waals surface area contributed by atoms with Crippen LogP contribution in [0.15, 0.2) is 0 Å². The molecule has 0 radical (unpaired) electrons. The van der Waals surface area contributed by atoms with Crippen LogP contribution in [0, 0.1) is 5.92 Å². The van der Waals surface area contributed by atoms with Crippen LogP contribution in [0.1, 0.15) is 59.8 Å². The molecule has 182 valence electrons. The summed E-state index contributed by atoms with van der Waals surface area (Å²) in [6.45, 7) is 7.70. The normalized spacial score (nSPS) is 14.9. The molecule has 0 saturated carbocycles. The van der Waals surface area contributed by atoms with Crippen molar-refractivity contribution in [2.24, 2.45) is 5.92 Å². The van der Waals surface area contributed by atoms with E-state index in [1.165, 1.54) is 0 Å². The first-order valence-electron chi connectivity index (χ1n) is 10.7. The van der Waals surface area contributed by atoms with Crippen LogP contribution in [0.3, 0.4) is 0 Å². The molecule has 0 bridgehead atoms. The van der Waals surface area contributed by atoms with Crippen LogP contribution in [0.5, 0.6) is 0 Å². The van der Waals surface area contributed by atoms with E-state index >= 15 is 0 Å². The first-order valence-corrected chi connectivity index (χ1v) is 10.7. The lowest BCUT2D eigenvalue weighted by Crippen LogP contribution is -2.33. The maximum absolute atomic E-state index is 12.1. The highest BCUT2D eigenvalue weighted by molar-refractivity contribution is 6.01. The number of nitrogens with zero attached hydrogens (tertiary/aromatic N) is 1. The van der Waals surface area contributed by atoms with Crippen molar-refractivity contribution in [2.75, 3.05) is 33.0 Å². The number of carbonyl (C=O) groups excluding carboxylic acids is 5. The molecule has 0 aromatic carbocycles. The number of amides is 3. The fourth-order valence-corrected chi connectivity index (χ4v) is 2.69. The number of ether oxygens (including phenoxy) is 3. The summed E-state index contributed by atoms with van der Waals surface area (Å²) < 4.78 is 15.7. The Balaban J connectivity index is 2.05. The van der Waals surface area contributed by atoms with Crippen molar-refractivity contribution in [3.63, 3.8) is 0 Å². The standard InChI is InChI=1S/C21H34N2O9/c1-5-15(20(28)31-21(2,3)4)6-7-16(24)22-10-11-29-12-13-30-14-19(27)32-23-17(25)8-9-18(23)26/h15H,5-14H2,1-4H3,(H,22,24)/t15-/m0/s1. The Morgan fingerprint density at radius 3 is 2.25 bits per heavy atom. The van der Waals surface area contributed by atoms with Gasteiger partial charge in [-0.1, -0.05) is 6.92 Å². The minimum Gasteiger partial charge on any atom is -0.460 e. The molecular formula is C21H34N2O9. The van der Waals surface area contributed by atoms with Gasteiger partial charge in [0, 0.05) is 25.8 Å². The van der Waals surface area contributed by atoms with Crippen molar-refractivity contribution in [3.8, 4) is 0 Å². The summed E-state index contributed by atoms with van der Waals surface area (Å²) >= 11 is 0. The van der Waals surface area contributed by atoms with E-state index in [0.29, 0.717) is 24.4 Å². The molecule has 1 heterocycles. The van der Waals surface area contributed by atoms with Gasteiger partial charge in [0.25, 0.3) is 11.8 Å². The highest BCUT2D eigenvalue weighted by atomic mass is 16.7. The Kier molecular flexibility index (Phi) is 11.9. The van der Waals surface area contributed by atoms with E-state index in [1.807, 2.05) is 6.92 Å². The Hall–Kier alpha value is -2.53. The van der Waals surface area contributed by atoms with E-state index in [0.717, 1.165) is 0 Å². The van der Waals surface area contributed by atoms with Gasteiger partial charge >= 0.3 is 11.9 Å². The van der Waals surface area contributed by atoms with Crippen LogP contribution < -0.4 is 5.32 Å². The minimum atomic E-state index is -0.849. The number of nitrogens with one attached hydrogen (secondary N) is 1. The summed E-state index contributed by atoms with van der Waals surface area (Å²) in [5, 5.41) is 3.17. The van der Waals surface area contributed by atoms with Crippen LogP contribution in [0.4, 0.5) is 0 Å². The molecule has 0 spiro atoms. The third-order valence-electron chi connectivity index (χ3n) is 4.31. The summed E-state index contributed by atoms with van der Waals surface area (Å²) in [5.74, 6) is -2.74. The molecule has 1 aliphatic heterocycles. The average Bonchev–Trinajstić information content (AvgIpc) is 3.01. The second-order valence-electron chi connectivity index (χ2n) is 8.24. The summed E-state index contributed by atoms with van der Waals surface area (Å²) in [7, 11) is 0. The Bertz CT molecular complexity index is 657. The Morgan fingerprint density at radius 1 is 1.03 bits per heavy atom. The minimum absolute atomic E-state index is 0.0281. The van der Waals surface area contributed by atoms with Gasteiger partial charge in [-0.3, -0.25) is 19.2 Å². The van der Waals surface area contributed by atoms with Gasteiger partial charge in [-0.25, -0.2) is 4.79 Å². The summed E-state index contributed by atoms with van der Waals surface area (Å²) in [4.78, 5) is 62.9. The molecule has 32 heavy (non-hydrogen) atoms. The molecule has 1 N–H and O–H groups in total. The molecule has 1 saturated heterocycles. The maximum Gasteiger partial charge on any atom is 0.358 e. The molecule has 3 amide bonds. The quantitative estimate of drug-likeness (QED) is 0.228. The van der Waals surface area contributed by atoms with Gasteiger partial charge < -0.3 is 24.4 Å². The number of hydrogen-bond donors (Lipinski definition) is 1. The van der Waals surface area contributed by atoms with E-state index in [-0.39, 0.29) is 56.9 Å². The van der Waals surface area contributed by atoms with Crippen molar-refractivity contribution >= 4 is 29.7 Å². The molecule has 1 fully saturated rings. The number of esters is 1. The maximum atomic E-state index is 12.1. The van der Waals surface area contributed by atoms with Crippen molar-refractivity contribution in [3.05, 3.63) is 0 Å². The van der Waals surface area contributed by atoms with E-state index in [9.17, 15) is 24.0 Å². The lowest BCUT2D eigenvalue weighted by molar-refractivity contribution is -0.200. The topological polar surface area (TPSA) is 138 Å². The average molecular weight is 459 g/mol. The smallest absolute Gasteiger partial charge is 0.358 e. The zero-order valence-electron chi connectivity index (χ0n) is 19.3. The number of hydrogen-bond acceptors (Lipinski definition) is 9. The molecule has 0 unspecified atom stereocenters.